The standard InChI is InChI=1S/C11H17N3O4S/c1-8(2)11(10(15)16)4-6-14(7-11)19(17,18)9-3-5-12-13-9/h3,5,8H,4,6-7H2,1-2H3,(H,12,13)(H,15,16). The van der Waals surface area contributed by atoms with Crippen LogP contribution in [0.15, 0.2) is 17.3 Å². The molecule has 1 saturated heterocycles. The molecule has 19 heavy (non-hydrogen) atoms. The van der Waals surface area contributed by atoms with Crippen molar-refractivity contribution in [3.8, 4) is 0 Å². The first-order valence-electron chi connectivity index (χ1n) is 6.03. The fraction of sp³-hybridized carbons (Fsp3) is 0.636. The van der Waals surface area contributed by atoms with Gasteiger partial charge >= 0.3 is 5.97 Å². The van der Waals surface area contributed by atoms with Gasteiger partial charge in [-0.3, -0.25) is 9.89 Å². The number of sulfonamides is 1. The minimum Gasteiger partial charge on any atom is -0.481 e. The van der Waals surface area contributed by atoms with Crippen LogP contribution in [0.25, 0.3) is 0 Å². The van der Waals surface area contributed by atoms with Crippen molar-refractivity contribution in [1.29, 1.82) is 0 Å². The fourth-order valence-corrected chi connectivity index (χ4v) is 3.83. The lowest BCUT2D eigenvalue weighted by atomic mass is 9.77. The molecule has 0 saturated carbocycles. The third kappa shape index (κ3) is 2.14. The molecule has 0 spiro atoms. The third-order valence-electron chi connectivity index (χ3n) is 3.89. The van der Waals surface area contributed by atoms with Gasteiger partial charge < -0.3 is 5.11 Å². The summed E-state index contributed by atoms with van der Waals surface area (Å²) in [6, 6.07) is 1.37. The number of rotatable bonds is 4. The van der Waals surface area contributed by atoms with Gasteiger partial charge in [-0.1, -0.05) is 13.8 Å². The Morgan fingerprint density at radius 1 is 1.58 bits per heavy atom. The van der Waals surface area contributed by atoms with E-state index in [1.165, 1.54) is 16.6 Å². The SMILES string of the molecule is CC(C)C1(C(=O)O)CCN(S(=O)(=O)c2ccn[nH]2)C1. The van der Waals surface area contributed by atoms with Gasteiger partial charge in [0.05, 0.1) is 11.6 Å². The van der Waals surface area contributed by atoms with Crippen LogP contribution in [-0.2, 0) is 14.8 Å². The summed E-state index contributed by atoms with van der Waals surface area (Å²) in [5.41, 5.74) is -1.01. The monoisotopic (exact) mass is 287 g/mol. The molecule has 2 rings (SSSR count). The normalized spacial score (nSPS) is 25.0. The van der Waals surface area contributed by atoms with Crippen LogP contribution in [-0.4, -0.2) is 47.1 Å². The Labute approximate surface area is 111 Å². The molecule has 2 N–H and O–H groups in total. The highest BCUT2D eigenvalue weighted by Gasteiger charge is 2.50. The molecule has 1 unspecified atom stereocenters. The molecule has 1 fully saturated rings. The number of carboxylic acids is 1. The van der Waals surface area contributed by atoms with Crippen LogP contribution in [0.1, 0.15) is 20.3 Å². The first kappa shape index (κ1) is 14.0. The van der Waals surface area contributed by atoms with Crippen molar-refractivity contribution in [3.63, 3.8) is 0 Å². The molecule has 0 aliphatic carbocycles. The number of hydrogen-bond donors (Lipinski definition) is 2. The van der Waals surface area contributed by atoms with E-state index < -0.39 is 21.4 Å². The molecule has 2 heterocycles. The Morgan fingerprint density at radius 3 is 2.68 bits per heavy atom. The minimum absolute atomic E-state index is 0.00134. The Hall–Kier alpha value is -1.41. The summed E-state index contributed by atoms with van der Waals surface area (Å²) in [4.78, 5) is 11.5. The lowest BCUT2D eigenvalue weighted by molar-refractivity contribution is -0.150. The zero-order valence-corrected chi connectivity index (χ0v) is 11.6. The van der Waals surface area contributed by atoms with Crippen LogP contribution in [0.5, 0.6) is 0 Å². The first-order valence-corrected chi connectivity index (χ1v) is 7.47. The quantitative estimate of drug-likeness (QED) is 0.840. The van der Waals surface area contributed by atoms with Crippen LogP contribution < -0.4 is 0 Å². The van der Waals surface area contributed by atoms with E-state index in [1.54, 1.807) is 13.8 Å². The number of aromatic nitrogens is 2. The van der Waals surface area contributed by atoms with Crippen molar-refractivity contribution in [2.24, 2.45) is 11.3 Å². The minimum atomic E-state index is -3.68. The van der Waals surface area contributed by atoms with Gasteiger partial charge in [0.2, 0.25) is 0 Å². The molecular formula is C11H17N3O4S. The van der Waals surface area contributed by atoms with E-state index in [2.05, 4.69) is 10.2 Å². The number of H-pyrrole nitrogens is 1. The average molecular weight is 287 g/mol. The van der Waals surface area contributed by atoms with Crippen LogP contribution in [0, 0.1) is 11.3 Å². The third-order valence-corrected chi connectivity index (χ3v) is 5.66. The highest BCUT2D eigenvalue weighted by molar-refractivity contribution is 7.89. The van der Waals surface area contributed by atoms with Gasteiger partial charge in [-0.05, 0) is 18.4 Å². The second kappa shape index (κ2) is 4.61. The molecule has 1 aliphatic heterocycles. The van der Waals surface area contributed by atoms with E-state index in [9.17, 15) is 18.3 Å². The van der Waals surface area contributed by atoms with Gasteiger partial charge in [0.15, 0.2) is 5.03 Å². The van der Waals surface area contributed by atoms with E-state index in [0.29, 0.717) is 6.42 Å². The van der Waals surface area contributed by atoms with E-state index >= 15 is 0 Å². The number of nitrogens with one attached hydrogen (secondary N) is 1. The molecular weight excluding hydrogens is 270 g/mol. The van der Waals surface area contributed by atoms with Crippen LogP contribution >= 0.6 is 0 Å². The van der Waals surface area contributed by atoms with E-state index in [-0.39, 0.29) is 24.0 Å². The summed E-state index contributed by atoms with van der Waals surface area (Å²) in [7, 11) is -3.68. The van der Waals surface area contributed by atoms with Crippen molar-refractivity contribution >= 4 is 16.0 Å². The number of carbonyl (C=O) groups is 1. The molecule has 7 nitrogen and oxygen atoms in total. The van der Waals surface area contributed by atoms with Gasteiger partial charge in [0.25, 0.3) is 10.0 Å². The highest BCUT2D eigenvalue weighted by Crippen LogP contribution is 2.39. The van der Waals surface area contributed by atoms with Crippen LogP contribution in [0.4, 0.5) is 0 Å². The van der Waals surface area contributed by atoms with E-state index in [1.807, 2.05) is 0 Å². The summed E-state index contributed by atoms with van der Waals surface area (Å²) in [5, 5.41) is 15.4. The van der Waals surface area contributed by atoms with Gasteiger partial charge in [0.1, 0.15) is 0 Å². The second-order valence-corrected chi connectivity index (χ2v) is 7.03. The molecule has 0 radical (unpaired) electrons. The van der Waals surface area contributed by atoms with Crippen molar-refractivity contribution in [3.05, 3.63) is 12.3 Å². The largest absolute Gasteiger partial charge is 0.481 e. The average Bonchev–Trinajstić information content (AvgIpc) is 3.00. The van der Waals surface area contributed by atoms with Gasteiger partial charge in [-0.2, -0.15) is 9.40 Å². The Kier molecular flexibility index (Phi) is 3.40. The summed E-state index contributed by atoms with van der Waals surface area (Å²) < 4.78 is 25.8. The molecule has 1 aromatic rings. The number of carboxylic acid groups (broad SMARTS) is 1. The van der Waals surface area contributed by atoms with Crippen molar-refractivity contribution in [1.82, 2.24) is 14.5 Å². The lowest BCUT2D eigenvalue weighted by Gasteiger charge is -2.28. The lowest BCUT2D eigenvalue weighted by Crippen LogP contribution is -2.40. The molecule has 1 aliphatic rings. The summed E-state index contributed by atoms with van der Waals surface area (Å²) >= 11 is 0. The Bertz CT molecular complexity index is 567. The summed E-state index contributed by atoms with van der Waals surface area (Å²) in [5.74, 6) is -1.07. The van der Waals surface area contributed by atoms with Gasteiger partial charge in [0, 0.05) is 13.1 Å². The Balaban J connectivity index is 2.30. The Morgan fingerprint density at radius 2 is 2.26 bits per heavy atom. The zero-order chi connectivity index (χ0) is 14.3. The molecule has 106 valence electrons. The van der Waals surface area contributed by atoms with E-state index in [0.717, 1.165) is 0 Å². The predicted octanol–water partition coefficient (Wildman–Crippen LogP) is 0.531. The zero-order valence-electron chi connectivity index (χ0n) is 10.8. The van der Waals surface area contributed by atoms with Crippen molar-refractivity contribution < 1.29 is 18.3 Å². The number of aliphatic carboxylic acids is 1. The molecule has 0 amide bonds. The summed E-state index contributed by atoms with van der Waals surface area (Å²) in [6.07, 6.45) is 1.68. The molecule has 0 bridgehead atoms. The molecule has 1 aromatic heterocycles. The summed E-state index contributed by atoms with van der Waals surface area (Å²) in [6.45, 7) is 3.83. The maximum absolute atomic E-state index is 12.3. The predicted molar refractivity (Wildman–Crippen MR) is 66.9 cm³/mol. The fourth-order valence-electron chi connectivity index (χ4n) is 2.42. The van der Waals surface area contributed by atoms with Crippen LogP contribution in [0.2, 0.25) is 0 Å². The van der Waals surface area contributed by atoms with Gasteiger partial charge in [-0.25, -0.2) is 8.42 Å². The number of hydrogen-bond acceptors (Lipinski definition) is 4. The smallest absolute Gasteiger partial charge is 0.311 e. The first-order chi connectivity index (χ1) is 8.80. The van der Waals surface area contributed by atoms with Crippen molar-refractivity contribution in [2.75, 3.05) is 13.1 Å². The van der Waals surface area contributed by atoms with Crippen molar-refractivity contribution in [2.45, 2.75) is 25.3 Å². The van der Waals surface area contributed by atoms with E-state index in [4.69, 9.17) is 0 Å². The molecule has 8 heteroatoms. The molecule has 1 atom stereocenters. The van der Waals surface area contributed by atoms with Gasteiger partial charge in [-0.15, -0.1) is 0 Å². The maximum Gasteiger partial charge on any atom is 0.311 e. The number of aromatic amines is 1. The topological polar surface area (TPSA) is 103 Å². The maximum atomic E-state index is 12.3. The number of nitrogens with zero attached hydrogens (tertiary/aromatic N) is 2. The second-order valence-electron chi connectivity index (χ2n) is 5.13. The molecule has 0 aromatic carbocycles. The van der Waals surface area contributed by atoms with Crippen LogP contribution in [0.3, 0.4) is 0 Å². The highest BCUT2D eigenvalue weighted by atomic mass is 32.2.